The minimum Gasteiger partial charge on any atom is -0.349 e. The molecule has 29 heavy (non-hydrogen) atoms. The lowest BCUT2D eigenvalue weighted by Crippen LogP contribution is -2.43. The molecule has 0 unspecified atom stereocenters. The second kappa shape index (κ2) is 8.37. The molecule has 0 saturated carbocycles. The van der Waals surface area contributed by atoms with Crippen LogP contribution in [0.4, 0.5) is 0 Å². The molecule has 1 aromatic carbocycles. The van der Waals surface area contributed by atoms with Crippen LogP contribution in [-0.4, -0.2) is 46.5 Å². The molecule has 1 fully saturated rings. The fourth-order valence-electron chi connectivity index (χ4n) is 3.91. The van der Waals surface area contributed by atoms with Gasteiger partial charge in [0.25, 0.3) is 0 Å². The lowest BCUT2D eigenvalue weighted by atomic mass is 9.97. The van der Waals surface area contributed by atoms with Crippen LogP contribution in [0.2, 0.25) is 0 Å². The molecule has 0 spiro atoms. The molecule has 10 heteroatoms. The van der Waals surface area contributed by atoms with E-state index in [0.29, 0.717) is 41.4 Å². The van der Waals surface area contributed by atoms with Crippen LogP contribution in [0.5, 0.6) is 0 Å². The highest BCUT2D eigenvalue weighted by atomic mass is 32.2. The van der Waals surface area contributed by atoms with Crippen LogP contribution in [0, 0.1) is 31.5 Å². The van der Waals surface area contributed by atoms with Crippen molar-refractivity contribution in [2.75, 3.05) is 13.1 Å². The summed E-state index contributed by atoms with van der Waals surface area (Å²) in [5, 5.41) is 9.63. The Morgan fingerprint density at radius 1 is 1.24 bits per heavy atom. The third-order valence-electron chi connectivity index (χ3n) is 5.42. The number of H-pyrrole nitrogens is 1. The molecule has 1 amide bonds. The number of carbonyl (C=O) groups is 1. The molecule has 0 atom stereocenters. The number of benzene rings is 1. The number of carbonyl (C=O) groups excluding carboxylic acids is 1. The Hall–Kier alpha value is -2.04. The zero-order chi connectivity index (χ0) is 21.3. The molecule has 158 valence electrons. The van der Waals surface area contributed by atoms with E-state index in [0.717, 1.165) is 16.7 Å². The summed E-state index contributed by atoms with van der Waals surface area (Å²) in [5.41, 5.74) is 2.56. The van der Waals surface area contributed by atoms with Gasteiger partial charge in [0.1, 0.15) is 0 Å². The first-order chi connectivity index (χ1) is 13.6. The topological polar surface area (TPSA) is 100 Å². The minimum atomic E-state index is -3.57. The van der Waals surface area contributed by atoms with Gasteiger partial charge in [-0.05, 0) is 57.0 Å². The van der Waals surface area contributed by atoms with Crippen molar-refractivity contribution in [2.45, 2.75) is 45.1 Å². The number of hydrogen-bond donors (Lipinski definition) is 2. The summed E-state index contributed by atoms with van der Waals surface area (Å²) in [6.45, 7) is 6.56. The highest BCUT2D eigenvalue weighted by Crippen LogP contribution is 2.28. The van der Waals surface area contributed by atoms with E-state index < -0.39 is 10.0 Å². The van der Waals surface area contributed by atoms with Crippen LogP contribution < -0.4 is 5.32 Å². The average molecular weight is 438 g/mol. The van der Waals surface area contributed by atoms with Gasteiger partial charge in [-0.15, -0.1) is 0 Å². The molecule has 0 radical (unpaired) electrons. The molecule has 3 rings (SSSR count). The standard InChI is InChI=1S/C19H27N5O3S2/c1-12-9-13(2)17(14(3)10-12)29(26,27)24-7-5-15(6-8-24)18(25)20-11-16-21-22-19(28)23(16)4/h9-10,15H,5-8,11H2,1-4H3,(H,20,25)(H,22,28). The van der Waals surface area contributed by atoms with E-state index in [9.17, 15) is 13.2 Å². The van der Waals surface area contributed by atoms with E-state index in [-0.39, 0.29) is 18.4 Å². The first-order valence-electron chi connectivity index (χ1n) is 9.57. The number of hydrogen-bond acceptors (Lipinski definition) is 5. The van der Waals surface area contributed by atoms with Crippen molar-refractivity contribution in [3.8, 4) is 0 Å². The number of aromatic nitrogens is 3. The summed E-state index contributed by atoms with van der Waals surface area (Å²) < 4.78 is 30.0. The Kier molecular flexibility index (Phi) is 6.25. The summed E-state index contributed by atoms with van der Waals surface area (Å²) in [7, 11) is -1.79. The summed E-state index contributed by atoms with van der Waals surface area (Å²) in [4.78, 5) is 12.9. The Bertz CT molecular complexity index is 1060. The van der Waals surface area contributed by atoms with E-state index in [2.05, 4.69) is 15.5 Å². The van der Waals surface area contributed by atoms with Gasteiger partial charge in [0.2, 0.25) is 15.9 Å². The largest absolute Gasteiger partial charge is 0.349 e. The molecule has 1 aromatic heterocycles. The van der Waals surface area contributed by atoms with Crippen molar-refractivity contribution < 1.29 is 13.2 Å². The summed E-state index contributed by atoms with van der Waals surface area (Å²) in [6.07, 6.45) is 0.988. The zero-order valence-corrected chi connectivity index (χ0v) is 18.8. The lowest BCUT2D eigenvalue weighted by Gasteiger charge is -2.31. The van der Waals surface area contributed by atoms with Gasteiger partial charge in [-0.1, -0.05) is 17.7 Å². The van der Waals surface area contributed by atoms with Crippen molar-refractivity contribution in [3.63, 3.8) is 0 Å². The fourth-order valence-corrected chi connectivity index (χ4v) is 5.94. The van der Waals surface area contributed by atoms with Crippen LogP contribution in [0.1, 0.15) is 35.4 Å². The molecular formula is C19H27N5O3S2. The molecule has 2 heterocycles. The van der Waals surface area contributed by atoms with Gasteiger partial charge in [-0.3, -0.25) is 9.89 Å². The molecule has 1 aliphatic heterocycles. The number of amides is 1. The molecular weight excluding hydrogens is 410 g/mol. The van der Waals surface area contributed by atoms with Gasteiger partial charge in [0, 0.05) is 26.1 Å². The maximum absolute atomic E-state index is 13.2. The molecule has 0 bridgehead atoms. The molecule has 8 nitrogen and oxygen atoms in total. The quantitative estimate of drug-likeness (QED) is 0.698. The predicted molar refractivity (Wildman–Crippen MR) is 112 cm³/mol. The Balaban J connectivity index is 1.63. The molecule has 2 aromatic rings. The third-order valence-corrected chi connectivity index (χ3v) is 7.99. The molecule has 2 N–H and O–H groups in total. The number of aromatic amines is 1. The van der Waals surface area contributed by atoms with Crippen molar-refractivity contribution >= 4 is 28.1 Å². The Labute approximate surface area is 176 Å². The minimum absolute atomic E-state index is 0.0846. The van der Waals surface area contributed by atoms with E-state index in [1.54, 1.807) is 11.6 Å². The Morgan fingerprint density at radius 3 is 2.34 bits per heavy atom. The highest BCUT2D eigenvalue weighted by molar-refractivity contribution is 7.89. The Morgan fingerprint density at radius 2 is 1.83 bits per heavy atom. The maximum Gasteiger partial charge on any atom is 0.243 e. The fraction of sp³-hybridized carbons (Fsp3) is 0.526. The summed E-state index contributed by atoms with van der Waals surface area (Å²) >= 11 is 5.06. The summed E-state index contributed by atoms with van der Waals surface area (Å²) in [6, 6.07) is 3.78. The highest BCUT2D eigenvalue weighted by Gasteiger charge is 2.33. The number of sulfonamides is 1. The molecule has 1 saturated heterocycles. The van der Waals surface area contributed by atoms with Gasteiger partial charge >= 0.3 is 0 Å². The van der Waals surface area contributed by atoms with Crippen LogP contribution in [-0.2, 0) is 28.4 Å². The van der Waals surface area contributed by atoms with Crippen molar-refractivity contribution in [1.29, 1.82) is 0 Å². The number of aryl methyl sites for hydroxylation is 3. The number of piperidine rings is 1. The number of nitrogens with one attached hydrogen (secondary N) is 2. The predicted octanol–water partition coefficient (Wildman–Crippen LogP) is 2.12. The van der Waals surface area contributed by atoms with Gasteiger partial charge < -0.3 is 9.88 Å². The second-order valence-corrected chi connectivity index (χ2v) is 9.89. The van der Waals surface area contributed by atoms with E-state index in [4.69, 9.17) is 12.2 Å². The van der Waals surface area contributed by atoms with E-state index in [1.807, 2.05) is 32.9 Å². The second-order valence-electron chi connectivity index (χ2n) is 7.63. The SMILES string of the molecule is Cc1cc(C)c(S(=O)(=O)N2CCC(C(=O)NCc3n[nH]c(=S)n3C)CC2)c(C)c1. The van der Waals surface area contributed by atoms with E-state index >= 15 is 0 Å². The van der Waals surface area contributed by atoms with Crippen LogP contribution in [0.25, 0.3) is 0 Å². The van der Waals surface area contributed by atoms with Gasteiger partial charge in [-0.25, -0.2) is 8.42 Å². The molecule has 0 aliphatic carbocycles. The average Bonchev–Trinajstić information content (AvgIpc) is 2.97. The summed E-state index contributed by atoms with van der Waals surface area (Å²) in [5.74, 6) is 0.348. The smallest absolute Gasteiger partial charge is 0.243 e. The van der Waals surface area contributed by atoms with Gasteiger partial charge in [0.05, 0.1) is 11.4 Å². The maximum atomic E-state index is 13.2. The normalized spacial score (nSPS) is 16.1. The zero-order valence-electron chi connectivity index (χ0n) is 17.2. The number of rotatable bonds is 5. The van der Waals surface area contributed by atoms with Gasteiger partial charge in [-0.2, -0.15) is 9.40 Å². The van der Waals surface area contributed by atoms with E-state index in [1.165, 1.54) is 4.31 Å². The van der Waals surface area contributed by atoms with Crippen molar-refractivity contribution in [3.05, 3.63) is 39.4 Å². The van der Waals surface area contributed by atoms with Crippen molar-refractivity contribution in [1.82, 2.24) is 24.4 Å². The van der Waals surface area contributed by atoms with Gasteiger partial charge in [0.15, 0.2) is 10.6 Å². The van der Waals surface area contributed by atoms with Crippen LogP contribution in [0.3, 0.4) is 0 Å². The van der Waals surface area contributed by atoms with Crippen molar-refractivity contribution in [2.24, 2.45) is 13.0 Å². The van der Waals surface area contributed by atoms with Crippen LogP contribution in [0.15, 0.2) is 17.0 Å². The molecule has 1 aliphatic rings. The first kappa shape index (κ1) is 21.7. The third kappa shape index (κ3) is 4.44. The van der Waals surface area contributed by atoms with Crippen LogP contribution >= 0.6 is 12.2 Å². The number of nitrogens with zero attached hydrogens (tertiary/aromatic N) is 3. The first-order valence-corrected chi connectivity index (χ1v) is 11.4. The lowest BCUT2D eigenvalue weighted by molar-refractivity contribution is -0.126. The monoisotopic (exact) mass is 437 g/mol.